The van der Waals surface area contributed by atoms with Gasteiger partial charge in [0.15, 0.2) is 0 Å². The van der Waals surface area contributed by atoms with Crippen molar-refractivity contribution in [3.8, 4) is 17.3 Å². The van der Waals surface area contributed by atoms with Crippen molar-refractivity contribution in [3.63, 3.8) is 0 Å². The van der Waals surface area contributed by atoms with Gasteiger partial charge in [0.05, 0.1) is 22.6 Å². The van der Waals surface area contributed by atoms with Gasteiger partial charge in [0.1, 0.15) is 6.07 Å². The van der Waals surface area contributed by atoms with Crippen molar-refractivity contribution in [1.82, 2.24) is 9.88 Å². The lowest BCUT2D eigenvalue weighted by Gasteiger charge is -2.24. The molecule has 0 radical (unpaired) electrons. The molecule has 6 nitrogen and oxygen atoms in total. The Morgan fingerprint density at radius 2 is 1.61 bits per heavy atom. The van der Waals surface area contributed by atoms with E-state index >= 15 is 0 Å². The van der Waals surface area contributed by atoms with Gasteiger partial charge in [-0.1, -0.05) is 42.5 Å². The zero-order chi connectivity index (χ0) is 26.1. The largest absolute Gasteiger partial charge is 0.397 e. The number of nitrogens with two attached hydrogens (primary N) is 1. The molecule has 6 heteroatoms. The first-order valence-electron chi connectivity index (χ1n) is 13.1. The Morgan fingerprint density at radius 1 is 0.947 bits per heavy atom. The minimum absolute atomic E-state index is 0.190. The number of amides is 1. The van der Waals surface area contributed by atoms with Gasteiger partial charge in [-0.15, -0.1) is 0 Å². The standard InChI is InChI=1S/C32H29N5O/c33-19-25-18-22(21-36-26-14-15-27(36)17-16-26)20-35-31(25)23-10-12-24(13-11-23)32(38)37(28-6-2-1-3-7-28)30-9-5-4-8-29(30)34/h1-13,18,20,26-27H,14-17,21,34H2. The molecule has 6 rings (SSSR count). The van der Waals surface area contributed by atoms with E-state index in [4.69, 9.17) is 5.73 Å². The van der Waals surface area contributed by atoms with Crippen LogP contribution in [0, 0.1) is 11.3 Å². The number of rotatable bonds is 6. The normalized spacial score (nSPS) is 18.3. The van der Waals surface area contributed by atoms with Gasteiger partial charge in [-0.05, 0) is 73.7 Å². The Kier molecular flexibility index (Phi) is 6.36. The van der Waals surface area contributed by atoms with Crippen molar-refractivity contribution in [1.29, 1.82) is 5.26 Å². The molecule has 2 aliphatic heterocycles. The summed E-state index contributed by atoms with van der Waals surface area (Å²) in [7, 11) is 0. The summed E-state index contributed by atoms with van der Waals surface area (Å²) in [5.74, 6) is -0.190. The van der Waals surface area contributed by atoms with Crippen molar-refractivity contribution in [2.24, 2.45) is 0 Å². The monoisotopic (exact) mass is 499 g/mol. The SMILES string of the molecule is N#Cc1cc(CN2C3CCC2CC3)cnc1-c1ccc(C(=O)N(c2ccccc2)c2ccccc2N)cc1. The van der Waals surface area contributed by atoms with Crippen LogP contribution in [0.5, 0.6) is 0 Å². The Balaban J connectivity index is 1.27. The topological polar surface area (TPSA) is 86.2 Å². The first-order valence-corrected chi connectivity index (χ1v) is 13.1. The molecule has 3 heterocycles. The molecule has 0 atom stereocenters. The predicted molar refractivity (Wildman–Crippen MR) is 150 cm³/mol. The second-order valence-electron chi connectivity index (χ2n) is 10.1. The van der Waals surface area contributed by atoms with Gasteiger partial charge in [-0.2, -0.15) is 5.26 Å². The van der Waals surface area contributed by atoms with Crippen LogP contribution in [0.15, 0.2) is 91.1 Å². The van der Waals surface area contributed by atoms with E-state index < -0.39 is 0 Å². The van der Waals surface area contributed by atoms with Crippen molar-refractivity contribution in [2.75, 3.05) is 10.6 Å². The zero-order valence-electron chi connectivity index (χ0n) is 21.1. The van der Waals surface area contributed by atoms with E-state index in [2.05, 4.69) is 16.0 Å². The second kappa shape index (κ2) is 10.1. The van der Waals surface area contributed by atoms with Gasteiger partial charge < -0.3 is 5.73 Å². The fraction of sp³-hybridized carbons (Fsp3) is 0.219. The van der Waals surface area contributed by atoms with Crippen LogP contribution < -0.4 is 10.6 Å². The van der Waals surface area contributed by atoms with E-state index in [1.807, 2.05) is 72.9 Å². The fourth-order valence-electron chi connectivity index (χ4n) is 5.93. The summed E-state index contributed by atoms with van der Waals surface area (Å²) in [6, 6.07) is 29.7. The Bertz CT molecular complexity index is 1490. The smallest absolute Gasteiger partial charge is 0.262 e. The predicted octanol–water partition coefficient (Wildman–Crippen LogP) is 6.31. The van der Waals surface area contributed by atoms with Crippen LogP contribution >= 0.6 is 0 Å². The van der Waals surface area contributed by atoms with E-state index in [-0.39, 0.29) is 5.91 Å². The number of anilines is 3. The first kappa shape index (κ1) is 23.9. The van der Waals surface area contributed by atoms with Crippen molar-refractivity contribution in [3.05, 3.63) is 108 Å². The number of para-hydroxylation sites is 3. The summed E-state index contributed by atoms with van der Waals surface area (Å²) in [5.41, 5.74) is 11.7. The molecular weight excluding hydrogens is 470 g/mol. The van der Waals surface area contributed by atoms with Crippen LogP contribution in [0.2, 0.25) is 0 Å². The third-order valence-electron chi connectivity index (χ3n) is 7.83. The van der Waals surface area contributed by atoms with Gasteiger partial charge in [-0.25, -0.2) is 0 Å². The summed E-state index contributed by atoms with van der Waals surface area (Å²) in [6.45, 7) is 0.850. The van der Waals surface area contributed by atoms with Crippen LogP contribution in [0.4, 0.5) is 17.1 Å². The number of nitriles is 1. The molecule has 1 aromatic heterocycles. The molecule has 0 unspecified atom stereocenters. The number of nitrogens with zero attached hydrogens (tertiary/aromatic N) is 4. The van der Waals surface area contributed by atoms with Crippen LogP contribution in [0.1, 0.15) is 47.2 Å². The molecule has 0 spiro atoms. The molecule has 2 bridgehead atoms. The highest BCUT2D eigenvalue weighted by atomic mass is 16.2. The van der Waals surface area contributed by atoms with E-state index in [0.717, 1.165) is 23.4 Å². The van der Waals surface area contributed by atoms with Gasteiger partial charge in [0.2, 0.25) is 0 Å². The van der Waals surface area contributed by atoms with Crippen molar-refractivity contribution in [2.45, 2.75) is 44.3 Å². The van der Waals surface area contributed by atoms with Crippen LogP contribution in [-0.4, -0.2) is 27.9 Å². The van der Waals surface area contributed by atoms with Crippen molar-refractivity contribution < 1.29 is 4.79 Å². The van der Waals surface area contributed by atoms with Gasteiger partial charge >= 0.3 is 0 Å². The Morgan fingerprint density at radius 3 is 2.26 bits per heavy atom. The lowest BCUT2D eigenvalue weighted by molar-refractivity contribution is 0.0999. The molecule has 2 saturated heterocycles. The number of carbonyl (C=O) groups is 1. The van der Waals surface area contributed by atoms with Gasteiger partial charge in [-0.3, -0.25) is 19.6 Å². The molecular formula is C32H29N5O. The molecule has 3 aromatic carbocycles. The van der Waals surface area contributed by atoms with Gasteiger partial charge in [0, 0.05) is 41.6 Å². The third-order valence-corrected chi connectivity index (χ3v) is 7.83. The Labute approximate surface area is 223 Å². The maximum absolute atomic E-state index is 13.7. The van der Waals surface area contributed by atoms with E-state index in [1.54, 1.807) is 23.1 Å². The van der Waals surface area contributed by atoms with Crippen LogP contribution in [0.3, 0.4) is 0 Å². The minimum atomic E-state index is -0.190. The number of pyridine rings is 1. The summed E-state index contributed by atoms with van der Waals surface area (Å²) in [5, 5.41) is 9.90. The van der Waals surface area contributed by atoms with E-state index in [9.17, 15) is 10.1 Å². The zero-order valence-corrected chi connectivity index (χ0v) is 21.1. The molecule has 38 heavy (non-hydrogen) atoms. The number of carbonyl (C=O) groups excluding carboxylic acids is 1. The van der Waals surface area contributed by atoms with Crippen molar-refractivity contribution >= 4 is 23.0 Å². The molecule has 2 fully saturated rings. The molecule has 0 saturated carbocycles. The molecule has 1 amide bonds. The van der Waals surface area contributed by atoms with Gasteiger partial charge in [0.25, 0.3) is 5.91 Å². The summed E-state index contributed by atoms with van der Waals surface area (Å²) in [4.78, 5) is 22.6. The number of aromatic nitrogens is 1. The highest BCUT2D eigenvalue weighted by Crippen LogP contribution is 2.38. The highest BCUT2D eigenvalue weighted by Gasteiger charge is 2.38. The Hall–Kier alpha value is -4.47. The average molecular weight is 500 g/mol. The molecule has 0 aliphatic carbocycles. The second-order valence-corrected chi connectivity index (χ2v) is 10.1. The molecule has 2 aliphatic rings. The number of hydrogen-bond acceptors (Lipinski definition) is 5. The summed E-state index contributed by atoms with van der Waals surface area (Å²) in [6.07, 6.45) is 7.02. The van der Waals surface area contributed by atoms with Crippen LogP contribution in [-0.2, 0) is 6.54 Å². The lowest BCUT2D eigenvalue weighted by Crippen LogP contribution is -2.27. The van der Waals surface area contributed by atoms with Crippen LogP contribution in [0.25, 0.3) is 11.3 Å². The lowest BCUT2D eigenvalue weighted by atomic mass is 10.0. The maximum atomic E-state index is 13.7. The van der Waals surface area contributed by atoms with E-state index in [1.165, 1.54) is 25.7 Å². The molecule has 188 valence electrons. The maximum Gasteiger partial charge on any atom is 0.262 e. The number of benzene rings is 3. The molecule has 4 aromatic rings. The first-order chi connectivity index (χ1) is 18.6. The average Bonchev–Trinajstić information content (AvgIpc) is 3.53. The number of fused-ring (bicyclic) bond motifs is 2. The summed E-state index contributed by atoms with van der Waals surface area (Å²) < 4.78 is 0. The summed E-state index contributed by atoms with van der Waals surface area (Å²) >= 11 is 0. The minimum Gasteiger partial charge on any atom is -0.397 e. The fourth-order valence-corrected chi connectivity index (χ4v) is 5.93. The highest BCUT2D eigenvalue weighted by molar-refractivity contribution is 6.12. The number of hydrogen-bond donors (Lipinski definition) is 1. The molecule has 2 N–H and O–H groups in total. The third kappa shape index (κ3) is 4.42. The quantitative estimate of drug-likeness (QED) is 0.314. The number of nitrogen functional groups attached to an aromatic ring is 1. The van der Waals surface area contributed by atoms with E-state index in [0.29, 0.717) is 40.3 Å².